The second-order valence-electron chi connectivity index (χ2n) is 1.98. The van der Waals surface area contributed by atoms with Crippen molar-refractivity contribution in [3.8, 4) is 0 Å². The smallest absolute Gasteiger partial charge is 0.123 e. The molecule has 0 saturated carbocycles. The van der Waals surface area contributed by atoms with E-state index in [9.17, 15) is 4.39 Å². The SMILES string of the molecule is Nc1ccc(F)cc1CI. The molecule has 1 nitrogen and oxygen atoms in total. The summed E-state index contributed by atoms with van der Waals surface area (Å²) in [6.07, 6.45) is 0. The molecule has 0 amide bonds. The quantitative estimate of drug-likeness (QED) is 0.462. The molecule has 0 heterocycles. The Kier molecular flexibility index (Phi) is 2.48. The molecule has 0 aliphatic carbocycles. The minimum Gasteiger partial charge on any atom is -0.398 e. The van der Waals surface area contributed by atoms with Gasteiger partial charge in [-0.2, -0.15) is 0 Å². The molecular weight excluding hydrogens is 244 g/mol. The molecule has 3 heteroatoms. The number of halogens is 2. The third kappa shape index (κ3) is 1.59. The van der Waals surface area contributed by atoms with E-state index in [1.807, 2.05) is 0 Å². The zero-order valence-electron chi connectivity index (χ0n) is 5.27. The molecule has 2 N–H and O–H groups in total. The average molecular weight is 251 g/mol. The standard InChI is InChI=1S/C7H7FIN/c8-6-1-2-7(10)5(3-6)4-9/h1-3H,4,10H2. The van der Waals surface area contributed by atoms with Gasteiger partial charge in [0.1, 0.15) is 5.82 Å². The Balaban J connectivity index is 3.09. The first-order chi connectivity index (χ1) is 4.74. The largest absolute Gasteiger partial charge is 0.398 e. The van der Waals surface area contributed by atoms with Crippen molar-refractivity contribution < 1.29 is 4.39 Å². The van der Waals surface area contributed by atoms with Crippen LogP contribution in [0.1, 0.15) is 5.56 Å². The normalized spacial score (nSPS) is 9.80. The molecule has 1 aromatic rings. The Morgan fingerprint density at radius 1 is 1.50 bits per heavy atom. The number of alkyl halides is 1. The maximum absolute atomic E-state index is 12.5. The summed E-state index contributed by atoms with van der Waals surface area (Å²) in [4.78, 5) is 0. The van der Waals surface area contributed by atoms with Crippen LogP contribution in [0.2, 0.25) is 0 Å². The second-order valence-corrected chi connectivity index (χ2v) is 2.74. The maximum Gasteiger partial charge on any atom is 0.123 e. The molecular formula is C7H7FIN. The van der Waals surface area contributed by atoms with Gasteiger partial charge in [0.15, 0.2) is 0 Å². The van der Waals surface area contributed by atoms with Gasteiger partial charge >= 0.3 is 0 Å². The first kappa shape index (κ1) is 7.78. The summed E-state index contributed by atoms with van der Waals surface area (Å²) in [6.45, 7) is 0. The third-order valence-electron chi connectivity index (χ3n) is 1.25. The highest BCUT2D eigenvalue weighted by atomic mass is 127. The highest BCUT2D eigenvalue weighted by molar-refractivity contribution is 14.1. The monoisotopic (exact) mass is 251 g/mol. The summed E-state index contributed by atoms with van der Waals surface area (Å²) in [7, 11) is 0. The Labute approximate surface area is 72.6 Å². The average Bonchev–Trinajstić information content (AvgIpc) is 1.94. The summed E-state index contributed by atoms with van der Waals surface area (Å²) < 4.78 is 13.2. The molecule has 0 aliphatic rings. The first-order valence-corrected chi connectivity index (χ1v) is 4.36. The van der Waals surface area contributed by atoms with Crippen LogP contribution in [0, 0.1) is 5.82 Å². The lowest BCUT2D eigenvalue weighted by Crippen LogP contribution is -1.91. The molecule has 0 aromatic heterocycles. The van der Waals surface area contributed by atoms with E-state index < -0.39 is 0 Å². The number of anilines is 1. The predicted octanol–water partition coefficient (Wildman–Crippen LogP) is 2.34. The van der Waals surface area contributed by atoms with E-state index in [1.54, 1.807) is 6.07 Å². The molecule has 1 rings (SSSR count). The first-order valence-electron chi connectivity index (χ1n) is 2.84. The van der Waals surface area contributed by atoms with Crippen LogP contribution in [0.25, 0.3) is 0 Å². The van der Waals surface area contributed by atoms with E-state index >= 15 is 0 Å². The number of nitrogens with two attached hydrogens (primary N) is 1. The molecule has 0 fully saturated rings. The Morgan fingerprint density at radius 3 is 2.70 bits per heavy atom. The van der Waals surface area contributed by atoms with Gasteiger partial charge in [0.05, 0.1) is 0 Å². The molecule has 0 atom stereocenters. The van der Waals surface area contributed by atoms with Crippen molar-refractivity contribution in [2.75, 3.05) is 5.73 Å². The van der Waals surface area contributed by atoms with E-state index in [-0.39, 0.29) is 5.82 Å². The van der Waals surface area contributed by atoms with Crippen LogP contribution in [0.5, 0.6) is 0 Å². The van der Waals surface area contributed by atoms with E-state index in [0.29, 0.717) is 5.69 Å². The van der Waals surface area contributed by atoms with Crippen molar-refractivity contribution in [3.05, 3.63) is 29.6 Å². The van der Waals surface area contributed by atoms with Gasteiger partial charge in [-0.25, -0.2) is 4.39 Å². The lowest BCUT2D eigenvalue weighted by Gasteiger charge is -1.99. The fraction of sp³-hybridized carbons (Fsp3) is 0.143. The fourth-order valence-corrected chi connectivity index (χ4v) is 1.35. The van der Waals surface area contributed by atoms with E-state index in [4.69, 9.17) is 5.73 Å². The molecule has 54 valence electrons. The zero-order chi connectivity index (χ0) is 7.56. The second kappa shape index (κ2) is 3.18. The van der Waals surface area contributed by atoms with Gasteiger partial charge < -0.3 is 5.73 Å². The molecule has 0 bridgehead atoms. The minimum absolute atomic E-state index is 0.221. The zero-order valence-corrected chi connectivity index (χ0v) is 7.43. The van der Waals surface area contributed by atoms with Crippen LogP contribution < -0.4 is 5.73 Å². The van der Waals surface area contributed by atoms with Gasteiger partial charge in [-0.05, 0) is 23.8 Å². The minimum atomic E-state index is -0.221. The highest BCUT2D eigenvalue weighted by Crippen LogP contribution is 2.15. The maximum atomic E-state index is 12.5. The topological polar surface area (TPSA) is 26.0 Å². The van der Waals surface area contributed by atoms with Gasteiger partial charge in [-0.1, -0.05) is 22.6 Å². The van der Waals surface area contributed by atoms with E-state index in [2.05, 4.69) is 22.6 Å². The summed E-state index contributed by atoms with van der Waals surface area (Å²) in [6, 6.07) is 4.41. The molecule has 10 heavy (non-hydrogen) atoms. The lowest BCUT2D eigenvalue weighted by atomic mass is 10.2. The number of rotatable bonds is 1. The summed E-state index contributed by atoms with van der Waals surface area (Å²) >= 11 is 2.15. The molecule has 1 aromatic carbocycles. The van der Waals surface area contributed by atoms with Crippen molar-refractivity contribution in [2.45, 2.75) is 4.43 Å². The van der Waals surface area contributed by atoms with Crippen molar-refractivity contribution >= 4 is 28.3 Å². The highest BCUT2D eigenvalue weighted by Gasteiger charge is 1.97. The number of hydrogen-bond acceptors (Lipinski definition) is 1. The van der Waals surface area contributed by atoms with Gasteiger partial charge in [0.2, 0.25) is 0 Å². The van der Waals surface area contributed by atoms with Crippen molar-refractivity contribution in [2.24, 2.45) is 0 Å². The molecule has 0 unspecified atom stereocenters. The molecule has 0 saturated heterocycles. The molecule has 0 radical (unpaired) electrons. The summed E-state index contributed by atoms with van der Waals surface area (Å²) in [5.74, 6) is -0.221. The number of nitrogen functional groups attached to an aromatic ring is 1. The predicted molar refractivity (Wildman–Crippen MR) is 48.5 cm³/mol. The Bertz CT molecular complexity index is 237. The summed E-state index contributed by atoms with van der Waals surface area (Å²) in [5.41, 5.74) is 7.05. The third-order valence-corrected chi connectivity index (χ3v) is 2.07. The van der Waals surface area contributed by atoms with E-state index in [1.165, 1.54) is 12.1 Å². The lowest BCUT2D eigenvalue weighted by molar-refractivity contribution is 0.627. The Morgan fingerprint density at radius 2 is 2.20 bits per heavy atom. The van der Waals surface area contributed by atoms with Gasteiger partial charge in [-0.3, -0.25) is 0 Å². The fourth-order valence-electron chi connectivity index (χ4n) is 0.690. The molecule has 0 spiro atoms. The van der Waals surface area contributed by atoms with Crippen LogP contribution in [-0.2, 0) is 4.43 Å². The van der Waals surface area contributed by atoms with Crippen LogP contribution in [0.15, 0.2) is 18.2 Å². The van der Waals surface area contributed by atoms with Crippen LogP contribution in [0.3, 0.4) is 0 Å². The number of benzene rings is 1. The van der Waals surface area contributed by atoms with Crippen LogP contribution in [0.4, 0.5) is 10.1 Å². The van der Waals surface area contributed by atoms with E-state index in [0.717, 1.165) is 9.99 Å². The van der Waals surface area contributed by atoms with Gasteiger partial charge in [-0.15, -0.1) is 0 Å². The van der Waals surface area contributed by atoms with Crippen molar-refractivity contribution in [1.29, 1.82) is 0 Å². The van der Waals surface area contributed by atoms with Crippen molar-refractivity contribution in [3.63, 3.8) is 0 Å². The van der Waals surface area contributed by atoms with Crippen LogP contribution in [-0.4, -0.2) is 0 Å². The van der Waals surface area contributed by atoms with Gasteiger partial charge in [0, 0.05) is 10.1 Å². The number of hydrogen-bond donors (Lipinski definition) is 1. The van der Waals surface area contributed by atoms with Crippen molar-refractivity contribution in [1.82, 2.24) is 0 Å². The molecule has 0 aliphatic heterocycles. The Hall–Kier alpha value is -0.320. The summed E-state index contributed by atoms with van der Waals surface area (Å²) in [5, 5.41) is 0. The van der Waals surface area contributed by atoms with Gasteiger partial charge in [0.25, 0.3) is 0 Å². The van der Waals surface area contributed by atoms with Crippen LogP contribution >= 0.6 is 22.6 Å².